The zero-order valence-corrected chi connectivity index (χ0v) is 13.2. The molecular formula is C16H19IN2. The maximum atomic E-state index is 5.75. The standard InChI is InChI=1S/C16H19IN2/c1-12(13-5-3-2-4-6-13)9-10-19-16-8-7-14(18)11-15(16)17/h2-8,11-12,19H,9-10,18H2,1H3. The summed E-state index contributed by atoms with van der Waals surface area (Å²) in [5.74, 6) is 0.570. The number of halogens is 1. The van der Waals surface area contributed by atoms with Gasteiger partial charge in [-0.3, -0.25) is 0 Å². The second-order valence-electron chi connectivity index (χ2n) is 4.77. The van der Waals surface area contributed by atoms with Crippen LogP contribution < -0.4 is 11.1 Å². The molecule has 2 rings (SSSR count). The first kappa shape index (κ1) is 14.2. The van der Waals surface area contributed by atoms with Crippen molar-refractivity contribution in [2.24, 2.45) is 0 Å². The van der Waals surface area contributed by atoms with Crippen molar-refractivity contribution in [1.29, 1.82) is 0 Å². The summed E-state index contributed by atoms with van der Waals surface area (Å²) < 4.78 is 1.17. The molecular weight excluding hydrogens is 347 g/mol. The molecule has 2 aromatic rings. The molecule has 3 N–H and O–H groups in total. The van der Waals surface area contributed by atoms with Crippen molar-refractivity contribution in [2.75, 3.05) is 17.6 Å². The van der Waals surface area contributed by atoms with Gasteiger partial charge in [0.2, 0.25) is 0 Å². The monoisotopic (exact) mass is 366 g/mol. The minimum atomic E-state index is 0.570. The number of benzene rings is 2. The third-order valence-corrected chi connectivity index (χ3v) is 4.15. The van der Waals surface area contributed by atoms with Crippen LogP contribution in [0.15, 0.2) is 48.5 Å². The Kier molecular flexibility index (Phi) is 5.07. The molecule has 0 spiro atoms. The molecule has 19 heavy (non-hydrogen) atoms. The zero-order chi connectivity index (χ0) is 13.7. The number of rotatable bonds is 5. The summed E-state index contributed by atoms with van der Waals surface area (Å²) in [5.41, 5.74) is 9.12. The van der Waals surface area contributed by atoms with E-state index < -0.39 is 0 Å². The summed E-state index contributed by atoms with van der Waals surface area (Å²) in [6, 6.07) is 16.6. The first-order chi connectivity index (χ1) is 9.16. The molecule has 0 aliphatic heterocycles. The van der Waals surface area contributed by atoms with E-state index in [0.717, 1.165) is 24.3 Å². The Hall–Kier alpha value is -1.23. The highest BCUT2D eigenvalue weighted by Crippen LogP contribution is 2.22. The van der Waals surface area contributed by atoms with Gasteiger partial charge in [-0.15, -0.1) is 0 Å². The highest BCUT2D eigenvalue weighted by atomic mass is 127. The highest BCUT2D eigenvalue weighted by Gasteiger charge is 2.05. The first-order valence-electron chi connectivity index (χ1n) is 6.50. The van der Waals surface area contributed by atoms with E-state index >= 15 is 0 Å². The van der Waals surface area contributed by atoms with Crippen molar-refractivity contribution in [3.63, 3.8) is 0 Å². The van der Waals surface area contributed by atoms with Crippen LogP contribution in [-0.2, 0) is 0 Å². The van der Waals surface area contributed by atoms with E-state index in [2.05, 4.69) is 65.2 Å². The molecule has 0 saturated heterocycles. The number of hydrogen-bond donors (Lipinski definition) is 2. The van der Waals surface area contributed by atoms with Gasteiger partial charge in [-0.05, 0) is 58.7 Å². The SMILES string of the molecule is CC(CCNc1ccc(N)cc1I)c1ccccc1. The summed E-state index contributed by atoms with van der Waals surface area (Å²) in [6.07, 6.45) is 1.12. The van der Waals surface area contributed by atoms with Gasteiger partial charge in [-0.2, -0.15) is 0 Å². The maximum Gasteiger partial charge on any atom is 0.0477 e. The van der Waals surface area contributed by atoms with E-state index in [0.29, 0.717) is 5.92 Å². The largest absolute Gasteiger partial charge is 0.399 e. The Balaban J connectivity index is 1.86. The van der Waals surface area contributed by atoms with Crippen LogP contribution in [0.2, 0.25) is 0 Å². The first-order valence-corrected chi connectivity index (χ1v) is 7.58. The Morgan fingerprint density at radius 3 is 2.58 bits per heavy atom. The van der Waals surface area contributed by atoms with Crippen LogP contribution >= 0.6 is 22.6 Å². The Morgan fingerprint density at radius 1 is 1.16 bits per heavy atom. The smallest absolute Gasteiger partial charge is 0.0477 e. The van der Waals surface area contributed by atoms with Crippen molar-refractivity contribution in [1.82, 2.24) is 0 Å². The molecule has 0 bridgehead atoms. The van der Waals surface area contributed by atoms with E-state index in [4.69, 9.17) is 5.73 Å². The van der Waals surface area contributed by atoms with E-state index in [9.17, 15) is 0 Å². The van der Waals surface area contributed by atoms with Gasteiger partial charge < -0.3 is 11.1 Å². The summed E-state index contributed by atoms with van der Waals surface area (Å²) in [4.78, 5) is 0. The van der Waals surface area contributed by atoms with Crippen molar-refractivity contribution in [2.45, 2.75) is 19.3 Å². The number of nitrogens with one attached hydrogen (secondary N) is 1. The number of nitrogens with two attached hydrogens (primary N) is 1. The molecule has 0 fully saturated rings. The Labute approximate surface area is 128 Å². The van der Waals surface area contributed by atoms with Gasteiger partial charge in [0, 0.05) is 21.5 Å². The second kappa shape index (κ2) is 6.80. The van der Waals surface area contributed by atoms with Crippen molar-refractivity contribution < 1.29 is 0 Å². The van der Waals surface area contributed by atoms with Gasteiger partial charge in [0.25, 0.3) is 0 Å². The zero-order valence-electron chi connectivity index (χ0n) is 11.1. The molecule has 100 valence electrons. The average molecular weight is 366 g/mol. The van der Waals surface area contributed by atoms with Crippen LogP contribution in [0, 0.1) is 3.57 Å². The fraction of sp³-hybridized carbons (Fsp3) is 0.250. The third-order valence-electron chi connectivity index (χ3n) is 3.25. The van der Waals surface area contributed by atoms with Gasteiger partial charge in [0.15, 0.2) is 0 Å². The highest BCUT2D eigenvalue weighted by molar-refractivity contribution is 14.1. The molecule has 3 heteroatoms. The molecule has 0 aliphatic carbocycles. The summed E-state index contributed by atoms with van der Waals surface area (Å²) in [6.45, 7) is 3.24. The van der Waals surface area contributed by atoms with E-state index in [-0.39, 0.29) is 0 Å². The van der Waals surface area contributed by atoms with E-state index in [1.165, 1.54) is 9.13 Å². The van der Waals surface area contributed by atoms with Crippen molar-refractivity contribution >= 4 is 34.0 Å². The van der Waals surface area contributed by atoms with Gasteiger partial charge in [-0.25, -0.2) is 0 Å². The van der Waals surface area contributed by atoms with E-state index in [1.807, 2.05) is 18.2 Å². The van der Waals surface area contributed by atoms with Gasteiger partial charge in [-0.1, -0.05) is 37.3 Å². The fourth-order valence-electron chi connectivity index (χ4n) is 2.05. The number of anilines is 2. The van der Waals surface area contributed by atoms with Crippen LogP contribution in [-0.4, -0.2) is 6.54 Å². The lowest BCUT2D eigenvalue weighted by molar-refractivity contribution is 0.706. The molecule has 0 amide bonds. The van der Waals surface area contributed by atoms with E-state index in [1.54, 1.807) is 0 Å². The summed E-state index contributed by atoms with van der Waals surface area (Å²) in [5, 5.41) is 3.48. The molecule has 0 aromatic heterocycles. The fourth-order valence-corrected chi connectivity index (χ4v) is 2.78. The van der Waals surface area contributed by atoms with Crippen molar-refractivity contribution in [3.8, 4) is 0 Å². The lowest BCUT2D eigenvalue weighted by atomic mass is 9.98. The molecule has 2 aromatic carbocycles. The maximum absolute atomic E-state index is 5.75. The second-order valence-corrected chi connectivity index (χ2v) is 5.93. The molecule has 0 aliphatic rings. The van der Waals surface area contributed by atoms with Crippen LogP contribution in [0.3, 0.4) is 0 Å². The normalized spacial score (nSPS) is 12.1. The minimum Gasteiger partial charge on any atom is -0.399 e. The predicted octanol–water partition coefficient (Wildman–Crippen LogP) is 4.48. The predicted molar refractivity (Wildman–Crippen MR) is 91.5 cm³/mol. The average Bonchev–Trinajstić information content (AvgIpc) is 2.42. The van der Waals surface area contributed by atoms with Crippen LogP contribution in [0.25, 0.3) is 0 Å². The van der Waals surface area contributed by atoms with Crippen molar-refractivity contribution in [3.05, 3.63) is 57.7 Å². The van der Waals surface area contributed by atoms with Crippen LogP contribution in [0.4, 0.5) is 11.4 Å². The lowest BCUT2D eigenvalue weighted by Crippen LogP contribution is -2.07. The Morgan fingerprint density at radius 2 is 1.89 bits per heavy atom. The summed E-state index contributed by atoms with van der Waals surface area (Å²) in [7, 11) is 0. The quantitative estimate of drug-likeness (QED) is 0.605. The Bertz CT molecular complexity index is 526. The van der Waals surface area contributed by atoms with Crippen LogP contribution in [0.5, 0.6) is 0 Å². The minimum absolute atomic E-state index is 0.570. The molecule has 2 nitrogen and oxygen atoms in total. The van der Waals surface area contributed by atoms with Crippen LogP contribution in [0.1, 0.15) is 24.8 Å². The topological polar surface area (TPSA) is 38.0 Å². The molecule has 0 heterocycles. The lowest BCUT2D eigenvalue weighted by Gasteiger charge is -2.14. The molecule has 1 atom stereocenters. The molecule has 0 saturated carbocycles. The van der Waals surface area contributed by atoms with Gasteiger partial charge in [0.05, 0.1) is 0 Å². The molecule has 1 unspecified atom stereocenters. The third kappa shape index (κ3) is 4.13. The number of hydrogen-bond acceptors (Lipinski definition) is 2. The number of nitrogen functional groups attached to an aromatic ring is 1. The molecule has 0 radical (unpaired) electrons. The summed E-state index contributed by atoms with van der Waals surface area (Å²) >= 11 is 2.31. The van der Waals surface area contributed by atoms with Gasteiger partial charge in [0.1, 0.15) is 0 Å². The van der Waals surface area contributed by atoms with Gasteiger partial charge >= 0.3 is 0 Å².